The first-order chi connectivity index (χ1) is 8.45. The molecule has 1 atom stereocenters. The van der Waals surface area contributed by atoms with Crippen molar-refractivity contribution < 1.29 is 0 Å². The number of aromatic nitrogens is 4. The van der Waals surface area contributed by atoms with Gasteiger partial charge in [0.1, 0.15) is 5.52 Å². The topological polar surface area (TPSA) is 41.8 Å². The van der Waals surface area contributed by atoms with Crippen molar-refractivity contribution >= 4 is 23.4 Å². The van der Waals surface area contributed by atoms with Crippen LogP contribution in [0.25, 0.3) is 11.2 Å². The van der Waals surface area contributed by atoms with Crippen LogP contribution in [0.4, 0.5) is 0 Å². The Bertz CT molecular complexity index is 604. The SMILES string of the molecule is CCc1nn(C)c2c1[nH]c(=S)n2CC(C)N(C)C. The van der Waals surface area contributed by atoms with E-state index in [-0.39, 0.29) is 0 Å². The van der Waals surface area contributed by atoms with E-state index in [1.807, 2.05) is 11.7 Å². The number of rotatable bonds is 4. The van der Waals surface area contributed by atoms with Crippen molar-refractivity contribution in [2.24, 2.45) is 7.05 Å². The van der Waals surface area contributed by atoms with Gasteiger partial charge < -0.3 is 14.5 Å². The summed E-state index contributed by atoms with van der Waals surface area (Å²) >= 11 is 5.43. The molecule has 0 radical (unpaired) electrons. The molecule has 0 aliphatic heterocycles. The van der Waals surface area contributed by atoms with E-state index in [4.69, 9.17) is 12.2 Å². The molecule has 2 aromatic rings. The Morgan fingerprint density at radius 2 is 2.11 bits per heavy atom. The second kappa shape index (κ2) is 4.85. The smallest absolute Gasteiger partial charge is 0.179 e. The Kier molecular flexibility index (Phi) is 3.59. The average Bonchev–Trinajstić information content (AvgIpc) is 2.78. The molecule has 18 heavy (non-hydrogen) atoms. The fraction of sp³-hybridized carbons (Fsp3) is 0.667. The molecule has 0 fully saturated rings. The van der Waals surface area contributed by atoms with Gasteiger partial charge in [0.15, 0.2) is 10.4 Å². The Labute approximate surface area is 112 Å². The predicted molar refractivity (Wildman–Crippen MR) is 76.4 cm³/mol. The number of imidazole rings is 1. The third-order valence-corrected chi connectivity index (χ3v) is 3.81. The molecule has 0 bridgehead atoms. The molecule has 0 spiro atoms. The zero-order chi connectivity index (χ0) is 13.4. The molecule has 0 aliphatic rings. The van der Waals surface area contributed by atoms with Crippen molar-refractivity contribution in [3.63, 3.8) is 0 Å². The number of fused-ring (bicyclic) bond motifs is 1. The van der Waals surface area contributed by atoms with E-state index in [1.165, 1.54) is 0 Å². The Hall–Kier alpha value is -1.14. The first-order valence-corrected chi connectivity index (χ1v) is 6.67. The largest absolute Gasteiger partial charge is 0.328 e. The van der Waals surface area contributed by atoms with Gasteiger partial charge in [0.05, 0.1) is 5.69 Å². The molecule has 0 amide bonds. The number of nitrogens with one attached hydrogen (secondary N) is 1. The van der Waals surface area contributed by atoms with Gasteiger partial charge in [-0.1, -0.05) is 6.92 Å². The quantitative estimate of drug-likeness (QED) is 0.861. The molecule has 0 aliphatic carbocycles. The lowest BCUT2D eigenvalue weighted by Crippen LogP contribution is -2.29. The second-order valence-electron chi connectivity index (χ2n) is 4.98. The summed E-state index contributed by atoms with van der Waals surface area (Å²) in [6.07, 6.45) is 0.913. The van der Waals surface area contributed by atoms with Gasteiger partial charge in [-0.25, -0.2) is 0 Å². The van der Waals surface area contributed by atoms with Crippen LogP contribution in [0.1, 0.15) is 19.5 Å². The maximum absolute atomic E-state index is 5.43. The molecule has 5 nitrogen and oxygen atoms in total. The molecule has 100 valence electrons. The molecular weight excluding hydrogens is 246 g/mol. The fourth-order valence-electron chi connectivity index (χ4n) is 2.12. The lowest BCUT2D eigenvalue weighted by Gasteiger charge is -2.20. The summed E-state index contributed by atoms with van der Waals surface area (Å²) in [7, 11) is 6.14. The van der Waals surface area contributed by atoms with Crippen molar-refractivity contribution in [3.8, 4) is 0 Å². The zero-order valence-electron chi connectivity index (χ0n) is 11.7. The van der Waals surface area contributed by atoms with Gasteiger partial charge in [-0.3, -0.25) is 4.68 Å². The van der Waals surface area contributed by atoms with Gasteiger partial charge in [0, 0.05) is 19.6 Å². The number of H-pyrrole nitrogens is 1. The average molecular weight is 267 g/mol. The highest BCUT2D eigenvalue weighted by Gasteiger charge is 2.16. The molecule has 6 heteroatoms. The van der Waals surface area contributed by atoms with Gasteiger partial charge in [-0.15, -0.1) is 0 Å². The van der Waals surface area contributed by atoms with Crippen LogP contribution in [0, 0.1) is 4.77 Å². The number of aromatic amines is 1. The Morgan fingerprint density at radius 3 is 2.67 bits per heavy atom. The second-order valence-corrected chi connectivity index (χ2v) is 5.36. The third-order valence-electron chi connectivity index (χ3n) is 3.49. The van der Waals surface area contributed by atoms with Crippen LogP contribution < -0.4 is 0 Å². The van der Waals surface area contributed by atoms with Crippen LogP contribution in [-0.2, 0) is 20.0 Å². The summed E-state index contributed by atoms with van der Waals surface area (Å²) in [5, 5.41) is 4.53. The summed E-state index contributed by atoms with van der Waals surface area (Å²) in [5.41, 5.74) is 3.25. The summed E-state index contributed by atoms with van der Waals surface area (Å²) < 4.78 is 4.84. The summed E-state index contributed by atoms with van der Waals surface area (Å²) in [6.45, 7) is 5.17. The molecule has 2 rings (SSSR count). The predicted octanol–water partition coefficient (Wildman–Crippen LogP) is 1.94. The van der Waals surface area contributed by atoms with Crippen molar-refractivity contribution in [2.45, 2.75) is 32.9 Å². The fourth-order valence-corrected chi connectivity index (χ4v) is 2.39. The molecule has 2 aromatic heterocycles. The van der Waals surface area contributed by atoms with Crippen LogP contribution in [0.15, 0.2) is 0 Å². The summed E-state index contributed by atoms with van der Waals surface area (Å²) in [5.74, 6) is 0. The monoisotopic (exact) mass is 267 g/mol. The highest BCUT2D eigenvalue weighted by atomic mass is 32.1. The highest BCUT2D eigenvalue weighted by Crippen LogP contribution is 2.18. The molecule has 2 heterocycles. The number of hydrogen-bond donors (Lipinski definition) is 1. The van der Waals surface area contributed by atoms with E-state index < -0.39 is 0 Å². The molecule has 0 aromatic carbocycles. The van der Waals surface area contributed by atoms with Crippen LogP contribution in [0.5, 0.6) is 0 Å². The van der Waals surface area contributed by atoms with Crippen molar-refractivity contribution in [2.75, 3.05) is 14.1 Å². The van der Waals surface area contributed by atoms with E-state index >= 15 is 0 Å². The van der Waals surface area contributed by atoms with Gasteiger partial charge >= 0.3 is 0 Å². The van der Waals surface area contributed by atoms with Crippen LogP contribution in [0.2, 0.25) is 0 Å². The van der Waals surface area contributed by atoms with Crippen LogP contribution in [0.3, 0.4) is 0 Å². The van der Waals surface area contributed by atoms with Crippen LogP contribution in [-0.4, -0.2) is 44.4 Å². The van der Waals surface area contributed by atoms with E-state index in [1.54, 1.807) is 0 Å². The minimum absolute atomic E-state index is 0.427. The Morgan fingerprint density at radius 1 is 1.44 bits per heavy atom. The maximum Gasteiger partial charge on any atom is 0.179 e. The maximum atomic E-state index is 5.43. The van der Waals surface area contributed by atoms with Gasteiger partial charge in [0.25, 0.3) is 0 Å². The standard InChI is InChI=1S/C12H21N5S/c1-6-9-10-11(16(5)14-9)17(12(18)13-10)7-8(2)15(3)4/h8H,6-7H2,1-5H3,(H,13,18). The first-order valence-electron chi connectivity index (χ1n) is 6.26. The lowest BCUT2D eigenvalue weighted by atomic mass is 10.3. The van der Waals surface area contributed by atoms with E-state index in [2.05, 4.69) is 47.5 Å². The summed E-state index contributed by atoms with van der Waals surface area (Å²) in [6, 6.07) is 0.427. The van der Waals surface area contributed by atoms with Gasteiger partial charge in [-0.2, -0.15) is 5.10 Å². The molecule has 1 N–H and O–H groups in total. The number of likely N-dealkylation sites (N-methyl/N-ethyl adjacent to an activating group) is 1. The Balaban J connectivity index is 2.53. The third kappa shape index (κ3) is 2.10. The van der Waals surface area contributed by atoms with Crippen LogP contribution >= 0.6 is 12.2 Å². The van der Waals surface area contributed by atoms with Crippen molar-refractivity contribution in [1.82, 2.24) is 24.2 Å². The van der Waals surface area contributed by atoms with E-state index in [9.17, 15) is 0 Å². The first kappa shape index (κ1) is 13.3. The molecular formula is C12H21N5S. The zero-order valence-corrected chi connectivity index (χ0v) is 12.5. The number of aryl methyl sites for hydroxylation is 2. The van der Waals surface area contributed by atoms with Gasteiger partial charge in [-0.05, 0) is 39.7 Å². The molecule has 0 saturated heterocycles. The number of hydrogen-bond acceptors (Lipinski definition) is 3. The minimum Gasteiger partial charge on any atom is -0.328 e. The van der Waals surface area contributed by atoms with Crippen molar-refractivity contribution in [1.29, 1.82) is 0 Å². The van der Waals surface area contributed by atoms with Crippen molar-refractivity contribution in [3.05, 3.63) is 10.5 Å². The lowest BCUT2D eigenvalue weighted by molar-refractivity contribution is 0.284. The minimum atomic E-state index is 0.427. The number of nitrogens with zero attached hydrogens (tertiary/aromatic N) is 4. The normalized spacial score (nSPS) is 13.7. The van der Waals surface area contributed by atoms with E-state index in [0.717, 1.165) is 34.6 Å². The molecule has 1 unspecified atom stereocenters. The van der Waals surface area contributed by atoms with E-state index in [0.29, 0.717) is 6.04 Å². The molecule has 0 saturated carbocycles. The highest BCUT2D eigenvalue weighted by molar-refractivity contribution is 7.71. The summed E-state index contributed by atoms with van der Waals surface area (Å²) in [4.78, 5) is 5.48. The van der Waals surface area contributed by atoms with Gasteiger partial charge in [0.2, 0.25) is 0 Å².